The van der Waals surface area contributed by atoms with Gasteiger partial charge in [-0.3, -0.25) is 0 Å². The number of benzene rings is 1. The summed E-state index contributed by atoms with van der Waals surface area (Å²) in [5.41, 5.74) is 2.00. The molecule has 1 aliphatic heterocycles. The number of carbonyl (C=O) groups is 1. The summed E-state index contributed by atoms with van der Waals surface area (Å²) in [5.74, 6) is 1.69. The molecule has 0 saturated carbocycles. The first-order valence-electron chi connectivity index (χ1n) is 8.95. The molecule has 1 saturated heterocycles. The van der Waals surface area contributed by atoms with E-state index in [0.29, 0.717) is 0 Å². The van der Waals surface area contributed by atoms with Crippen LogP contribution in [-0.4, -0.2) is 31.0 Å². The number of carbonyl (C=O) groups excluding carboxylic acids is 1. The van der Waals surface area contributed by atoms with Crippen LogP contribution in [0.5, 0.6) is 0 Å². The summed E-state index contributed by atoms with van der Waals surface area (Å²) < 4.78 is 18.0. The zero-order valence-corrected chi connectivity index (χ0v) is 18.1. The summed E-state index contributed by atoms with van der Waals surface area (Å²) >= 11 is 0. The Kier molecular flexibility index (Phi) is 5.45. The molecule has 0 spiro atoms. The maximum Gasteiger partial charge on any atom is 0.355 e. The van der Waals surface area contributed by atoms with Crippen molar-refractivity contribution < 1.29 is 19.0 Å². The minimum absolute atomic E-state index is 0.504. The highest BCUT2D eigenvalue weighted by molar-refractivity contribution is 6.83. The molecule has 0 unspecified atom stereocenters. The maximum absolute atomic E-state index is 13.3. The molecule has 1 aliphatic rings. The van der Waals surface area contributed by atoms with E-state index in [0.717, 1.165) is 5.56 Å². The Balaban J connectivity index is 2.62. The highest BCUT2D eigenvalue weighted by atomic mass is 28.3. The van der Waals surface area contributed by atoms with Crippen LogP contribution < -0.4 is 0 Å². The van der Waals surface area contributed by atoms with E-state index in [-0.39, 0.29) is 0 Å². The molecule has 142 valence electrons. The molecule has 0 amide bonds. The lowest BCUT2D eigenvalue weighted by molar-refractivity contribution is -0.188. The van der Waals surface area contributed by atoms with Crippen molar-refractivity contribution in [2.75, 3.05) is 0 Å². The minimum atomic E-state index is -1.76. The number of hydrogen-bond acceptors (Lipinski definition) is 4. The van der Waals surface area contributed by atoms with Gasteiger partial charge < -0.3 is 14.2 Å². The standard InChI is InChI=1S/C21H30O4Si/c1-19(2,3)24-18(22)21(14-15-26(6,7)8)17(23-20(4,5)25-21)16-12-10-9-11-13-16/h9-13,17H,1-8H3/t17-,21-/m0/s1. The van der Waals surface area contributed by atoms with Crippen molar-refractivity contribution in [3.8, 4) is 11.5 Å². The molecule has 0 aliphatic carbocycles. The number of rotatable bonds is 2. The van der Waals surface area contributed by atoms with Crippen LogP contribution in [-0.2, 0) is 19.0 Å². The van der Waals surface area contributed by atoms with Crippen LogP contribution >= 0.6 is 0 Å². The van der Waals surface area contributed by atoms with Crippen LogP contribution in [0.25, 0.3) is 0 Å². The van der Waals surface area contributed by atoms with Crippen LogP contribution in [0.4, 0.5) is 0 Å². The summed E-state index contributed by atoms with van der Waals surface area (Å²) in [4.78, 5) is 13.3. The van der Waals surface area contributed by atoms with Gasteiger partial charge in [0.1, 0.15) is 19.8 Å². The SMILES string of the molecule is CC(C)(C)OC(=O)[C@@]1(C#C[Si](C)(C)C)OC(C)(C)O[C@H]1c1ccccc1. The van der Waals surface area contributed by atoms with Gasteiger partial charge in [0.15, 0.2) is 5.79 Å². The van der Waals surface area contributed by atoms with Gasteiger partial charge in [-0.05, 0) is 40.2 Å². The van der Waals surface area contributed by atoms with Crippen molar-refractivity contribution in [2.45, 2.75) is 77.4 Å². The van der Waals surface area contributed by atoms with E-state index in [4.69, 9.17) is 14.2 Å². The van der Waals surface area contributed by atoms with Gasteiger partial charge >= 0.3 is 5.97 Å². The van der Waals surface area contributed by atoms with E-state index in [1.807, 2.05) is 51.1 Å². The lowest BCUT2D eigenvalue weighted by atomic mass is 9.91. The molecule has 1 heterocycles. The van der Waals surface area contributed by atoms with Gasteiger partial charge in [0, 0.05) is 0 Å². The van der Waals surface area contributed by atoms with Gasteiger partial charge in [-0.25, -0.2) is 4.79 Å². The Morgan fingerprint density at radius 1 is 1.15 bits per heavy atom. The van der Waals surface area contributed by atoms with Gasteiger partial charge in [-0.1, -0.05) is 55.9 Å². The molecule has 4 nitrogen and oxygen atoms in total. The monoisotopic (exact) mass is 374 g/mol. The van der Waals surface area contributed by atoms with E-state index in [2.05, 4.69) is 31.1 Å². The van der Waals surface area contributed by atoms with Gasteiger partial charge in [0.25, 0.3) is 5.60 Å². The van der Waals surface area contributed by atoms with E-state index >= 15 is 0 Å². The first kappa shape index (κ1) is 20.7. The Labute approximate surface area is 158 Å². The molecule has 0 bridgehead atoms. The fourth-order valence-corrected chi connectivity index (χ4v) is 3.25. The molecule has 2 rings (SSSR count). The molecular formula is C21H30O4Si. The maximum atomic E-state index is 13.3. The van der Waals surface area contributed by atoms with Crippen molar-refractivity contribution >= 4 is 14.0 Å². The normalized spacial score (nSPS) is 25.3. The van der Waals surface area contributed by atoms with Crippen molar-refractivity contribution in [2.24, 2.45) is 0 Å². The molecule has 0 N–H and O–H groups in total. The number of ether oxygens (including phenoxy) is 3. The zero-order valence-electron chi connectivity index (χ0n) is 17.1. The molecule has 0 aromatic heterocycles. The van der Waals surface area contributed by atoms with Crippen LogP contribution in [0, 0.1) is 11.5 Å². The third-order valence-electron chi connectivity index (χ3n) is 3.61. The fourth-order valence-electron chi connectivity index (χ4n) is 2.69. The Morgan fingerprint density at radius 3 is 2.23 bits per heavy atom. The largest absolute Gasteiger partial charge is 0.457 e. The summed E-state index contributed by atoms with van der Waals surface area (Å²) in [6.07, 6.45) is -0.655. The quantitative estimate of drug-likeness (QED) is 0.435. The molecule has 1 fully saturated rings. The van der Waals surface area contributed by atoms with Gasteiger partial charge in [0.05, 0.1) is 0 Å². The van der Waals surface area contributed by atoms with Crippen LogP contribution in [0.2, 0.25) is 19.6 Å². The van der Waals surface area contributed by atoms with Crippen LogP contribution in [0.15, 0.2) is 30.3 Å². The van der Waals surface area contributed by atoms with Crippen molar-refractivity contribution in [1.29, 1.82) is 0 Å². The van der Waals surface area contributed by atoms with Crippen LogP contribution in [0.1, 0.15) is 46.3 Å². The summed E-state index contributed by atoms with van der Waals surface area (Å²) in [6, 6.07) is 9.59. The zero-order chi connectivity index (χ0) is 19.8. The Morgan fingerprint density at radius 2 is 1.73 bits per heavy atom. The van der Waals surface area contributed by atoms with Gasteiger partial charge in [0.2, 0.25) is 0 Å². The van der Waals surface area contributed by atoms with Gasteiger partial charge in [-0.15, -0.1) is 5.54 Å². The molecule has 1 aromatic rings. The molecule has 5 heteroatoms. The first-order chi connectivity index (χ1) is 11.7. The third kappa shape index (κ3) is 4.97. The highest BCUT2D eigenvalue weighted by Gasteiger charge is 2.60. The first-order valence-corrected chi connectivity index (χ1v) is 12.4. The lowest BCUT2D eigenvalue weighted by Crippen LogP contribution is -2.47. The van der Waals surface area contributed by atoms with E-state index in [1.54, 1.807) is 13.8 Å². The summed E-state index contributed by atoms with van der Waals surface area (Å²) in [7, 11) is -1.76. The van der Waals surface area contributed by atoms with Crippen LogP contribution in [0.3, 0.4) is 0 Å². The molecule has 1 aromatic carbocycles. The third-order valence-corrected chi connectivity index (χ3v) is 4.48. The van der Waals surface area contributed by atoms with Gasteiger partial charge in [-0.2, -0.15) is 0 Å². The summed E-state index contributed by atoms with van der Waals surface area (Å²) in [6.45, 7) is 15.5. The molecule has 26 heavy (non-hydrogen) atoms. The predicted molar refractivity (Wildman–Crippen MR) is 105 cm³/mol. The fraction of sp³-hybridized carbons (Fsp3) is 0.571. The smallest absolute Gasteiger partial charge is 0.355 e. The second-order valence-corrected chi connectivity index (χ2v) is 13.9. The van der Waals surface area contributed by atoms with Crippen molar-refractivity contribution in [3.63, 3.8) is 0 Å². The Bertz CT molecular complexity index is 716. The topological polar surface area (TPSA) is 44.8 Å². The Hall–Kier alpha value is -1.61. The predicted octanol–water partition coefficient (Wildman–Crippen LogP) is 4.47. The number of hydrogen-bond donors (Lipinski definition) is 0. The van der Waals surface area contributed by atoms with E-state index in [9.17, 15) is 4.79 Å². The van der Waals surface area contributed by atoms with E-state index in [1.165, 1.54) is 0 Å². The average Bonchev–Trinajstić information content (AvgIpc) is 2.76. The molecule has 0 radical (unpaired) electrons. The lowest BCUT2D eigenvalue weighted by Gasteiger charge is -2.30. The molecular weight excluding hydrogens is 344 g/mol. The average molecular weight is 375 g/mol. The molecule has 2 atom stereocenters. The summed E-state index contributed by atoms with van der Waals surface area (Å²) in [5, 5.41) is 0. The van der Waals surface area contributed by atoms with Crippen molar-refractivity contribution in [1.82, 2.24) is 0 Å². The minimum Gasteiger partial charge on any atom is -0.457 e. The second kappa shape index (κ2) is 6.84. The second-order valence-electron chi connectivity index (χ2n) is 9.15. The van der Waals surface area contributed by atoms with E-state index < -0.39 is 37.1 Å². The van der Waals surface area contributed by atoms with Crippen molar-refractivity contribution in [3.05, 3.63) is 35.9 Å². The number of esters is 1. The highest BCUT2D eigenvalue weighted by Crippen LogP contribution is 2.46.